The minimum Gasteiger partial charge on any atom is -0.350 e. The summed E-state index contributed by atoms with van der Waals surface area (Å²) in [5, 5.41) is 9.48. The van der Waals surface area contributed by atoms with E-state index >= 15 is 0 Å². The summed E-state index contributed by atoms with van der Waals surface area (Å²) in [5.74, 6) is -0.124. The van der Waals surface area contributed by atoms with E-state index in [-0.39, 0.29) is 11.9 Å². The van der Waals surface area contributed by atoms with E-state index < -0.39 is 0 Å². The van der Waals surface area contributed by atoms with Gasteiger partial charge in [-0.3, -0.25) is 4.79 Å². The van der Waals surface area contributed by atoms with E-state index in [4.69, 9.17) is 12.2 Å². The van der Waals surface area contributed by atoms with Crippen LogP contribution >= 0.6 is 12.2 Å². The normalized spacial score (nSPS) is 10.1. The van der Waals surface area contributed by atoms with Crippen molar-refractivity contribution in [3.8, 4) is 0 Å². The van der Waals surface area contributed by atoms with E-state index in [1.165, 1.54) is 0 Å². The van der Waals surface area contributed by atoms with Gasteiger partial charge in [-0.15, -0.1) is 0 Å². The van der Waals surface area contributed by atoms with E-state index in [2.05, 4.69) is 16.0 Å². The van der Waals surface area contributed by atoms with Crippen LogP contribution in [0.15, 0.2) is 54.6 Å². The fourth-order valence-corrected chi connectivity index (χ4v) is 2.16. The van der Waals surface area contributed by atoms with Crippen LogP contribution in [0.25, 0.3) is 0 Å². The van der Waals surface area contributed by atoms with Crippen molar-refractivity contribution >= 4 is 34.6 Å². The van der Waals surface area contributed by atoms with Crippen molar-refractivity contribution in [1.82, 2.24) is 5.32 Å². The number of carbonyl (C=O) groups is 1. The number of anilines is 2. The summed E-state index contributed by atoms with van der Waals surface area (Å²) in [6.45, 7) is 3.85. The average Bonchev–Trinajstić information content (AvgIpc) is 2.48. The summed E-state index contributed by atoms with van der Waals surface area (Å²) >= 11 is 5.30. The van der Waals surface area contributed by atoms with E-state index in [0.717, 1.165) is 5.69 Å². The largest absolute Gasteiger partial charge is 0.350 e. The summed E-state index contributed by atoms with van der Waals surface area (Å²) in [6, 6.07) is 17.0. The van der Waals surface area contributed by atoms with E-state index in [9.17, 15) is 4.79 Å². The van der Waals surface area contributed by atoms with Gasteiger partial charge in [-0.2, -0.15) is 0 Å². The molecule has 22 heavy (non-hydrogen) atoms. The summed E-state index contributed by atoms with van der Waals surface area (Å²) in [5.41, 5.74) is 2.13. The van der Waals surface area contributed by atoms with Gasteiger partial charge in [-0.25, -0.2) is 0 Å². The first-order chi connectivity index (χ1) is 10.6. The number of para-hydroxylation sites is 2. The first kappa shape index (κ1) is 16.0. The molecule has 0 saturated carbocycles. The van der Waals surface area contributed by atoms with Crippen molar-refractivity contribution in [2.75, 3.05) is 10.6 Å². The first-order valence-electron chi connectivity index (χ1n) is 7.09. The zero-order valence-corrected chi connectivity index (χ0v) is 13.4. The molecule has 5 heteroatoms. The molecule has 2 rings (SSSR count). The fraction of sp³-hybridized carbons (Fsp3) is 0.176. The predicted octanol–water partition coefficient (Wildman–Crippen LogP) is 3.63. The Hall–Kier alpha value is -2.40. The Morgan fingerprint density at radius 1 is 0.955 bits per heavy atom. The van der Waals surface area contributed by atoms with Gasteiger partial charge in [0.15, 0.2) is 5.11 Å². The second-order valence-corrected chi connectivity index (χ2v) is 5.53. The molecule has 0 aliphatic heterocycles. The molecule has 2 aromatic rings. The second kappa shape index (κ2) is 7.56. The van der Waals surface area contributed by atoms with Crippen LogP contribution in [0.2, 0.25) is 0 Å². The van der Waals surface area contributed by atoms with Crippen LogP contribution in [0.3, 0.4) is 0 Å². The number of thiocarbonyl (C=S) groups is 1. The number of nitrogens with one attached hydrogen (secondary N) is 3. The predicted molar refractivity (Wildman–Crippen MR) is 95.3 cm³/mol. The maximum atomic E-state index is 12.2. The monoisotopic (exact) mass is 313 g/mol. The lowest BCUT2D eigenvalue weighted by molar-refractivity contribution is 0.0944. The Morgan fingerprint density at radius 2 is 1.59 bits per heavy atom. The molecule has 0 aromatic heterocycles. The SMILES string of the molecule is CC(C)NC(=O)c1ccccc1NC(=S)Nc1ccccc1. The highest BCUT2D eigenvalue weighted by Crippen LogP contribution is 2.16. The topological polar surface area (TPSA) is 53.2 Å². The summed E-state index contributed by atoms with van der Waals surface area (Å²) in [6.07, 6.45) is 0. The zero-order valence-electron chi connectivity index (χ0n) is 12.6. The van der Waals surface area contributed by atoms with Crippen LogP contribution in [-0.2, 0) is 0 Å². The van der Waals surface area contributed by atoms with Gasteiger partial charge in [0, 0.05) is 11.7 Å². The number of hydrogen-bond donors (Lipinski definition) is 3. The van der Waals surface area contributed by atoms with Gasteiger partial charge in [0.05, 0.1) is 11.3 Å². The molecule has 0 aliphatic carbocycles. The molecule has 1 amide bonds. The zero-order chi connectivity index (χ0) is 15.9. The summed E-state index contributed by atoms with van der Waals surface area (Å²) in [4.78, 5) is 12.2. The van der Waals surface area contributed by atoms with Crippen LogP contribution in [0.4, 0.5) is 11.4 Å². The first-order valence-corrected chi connectivity index (χ1v) is 7.50. The molecule has 0 unspecified atom stereocenters. The van der Waals surface area contributed by atoms with Crippen LogP contribution in [0.5, 0.6) is 0 Å². The number of amides is 1. The molecule has 0 aliphatic rings. The van der Waals surface area contributed by atoms with Gasteiger partial charge in [0.1, 0.15) is 0 Å². The van der Waals surface area contributed by atoms with Gasteiger partial charge in [0.2, 0.25) is 0 Å². The van der Waals surface area contributed by atoms with Crippen molar-refractivity contribution in [1.29, 1.82) is 0 Å². The van der Waals surface area contributed by atoms with Gasteiger partial charge in [-0.1, -0.05) is 30.3 Å². The Kier molecular flexibility index (Phi) is 5.49. The lowest BCUT2D eigenvalue weighted by atomic mass is 10.1. The molecule has 0 fully saturated rings. The fourth-order valence-electron chi connectivity index (χ4n) is 1.94. The number of hydrogen-bond acceptors (Lipinski definition) is 2. The van der Waals surface area contributed by atoms with Crippen LogP contribution < -0.4 is 16.0 Å². The van der Waals surface area contributed by atoms with Crippen LogP contribution in [-0.4, -0.2) is 17.1 Å². The van der Waals surface area contributed by atoms with Gasteiger partial charge < -0.3 is 16.0 Å². The number of rotatable bonds is 4. The Morgan fingerprint density at radius 3 is 2.27 bits per heavy atom. The Balaban J connectivity index is 2.09. The third-order valence-corrected chi connectivity index (χ3v) is 3.08. The number of carbonyl (C=O) groups excluding carboxylic acids is 1. The van der Waals surface area contributed by atoms with Gasteiger partial charge in [0.25, 0.3) is 5.91 Å². The smallest absolute Gasteiger partial charge is 0.253 e. The molecule has 0 saturated heterocycles. The van der Waals surface area contributed by atoms with E-state index in [0.29, 0.717) is 16.4 Å². The van der Waals surface area contributed by atoms with Crippen molar-refractivity contribution < 1.29 is 4.79 Å². The van der Waals surface area contributed by atoms with Crippen LogP contribution in [0.1, 0.15) is 24.2 Å². The molecule has 0 radical (unpaired) electrons. The third kappa shape index (κ3) is 4.56. The quantitative estimate of drug-likeness (QED) is 0.755. The number of benzene rings is 2. The summed E-state index contributed by atoms with van der Waals surface area (Å²) < 4.78 is 0. The van der Waals surface area contributed by atoms with E-state index in [1.807, 2.05) is 62.4 Å². The standard InChI is InChI=1S/C17H19N3OS/c1-12(2)18-16(21)14-10-6-7-11-15(14)20-17(22)19-13-8-4-3-5-9-13/h3-12H,1-2H3,(H,18,21)(H2,19,20,22). The molecule has 0 spiro atoms. The van der Waals surface area contributed by atoms with Crippen molar-refractivity contribution in [2.24, 2.45) is 0 Å². The molecular weight excluding hydrogens is 294 g/mol. The highest BCUT2D eigenvalue weighted by molar-refractivity contribution is 7.80. The molecule has 4 nitrogen and oxygen atoms in total. The lowest BCUT2D eigenvalue weighted by Crippen LogP contribution is -2.31. The minimum atomic E-state index is -0.124. The second-order valence-electron chi connectivity index (χ2n) is 5.12. The van der Waals surface area contributed by atoms with Crippen molar-refractivity contribution in [3.05, 3.63) is 60.2 Å². The van der Waals surface area contributed by atoms with Crippen molar-refractivity contribution in [3.63, 3.8) is 0 Å². The Bertz CT molecular complexity index is 656. The van der Waals surface area contributed by atoms with Crippen molar-refractivity contribution in [2.45, 2.75) is 19.9 Å². The molecular formula is C17H19N3OS. The molecule has 0 bridgehead atoms. The lowest BCUT2D eigenvalue weighted by Gasteiger charge is -2.15. The molecule has 0 atom stereocenters. The molecule has 114 valence electrons. The maximum absolute atomic E-state index is 12.2. The molecule has 2 aromatic carbocycles. The highest BCUT2D eigenvalue weighted by Gasteiger charge is 2.12. The minimum absolute atomic E-state index is 0.0787. The average molecular weight is 313 g/mol. The molecule has 3 N–H and O–H groups in total. The Labute approximate surface area is 135 Å². The van der Waals surface area contributed by atoms with Gasteiger partial charge in [-0.05, 0) is 50.3 Å². The molecule has 0 heterocycles. The third-order valence-electron chi connectivity index (χ3n) is 2.87. The maximum Gasteiger partial charge on any atom is 0.253 e. The van der Waals surface area contributed by atoms with E-state index in [1.54, 1.807) is 6.07 Å². The highest BCUT2D eigenvalue weighted by atomic mass is 32.1. The summed E-state index contributed by atoms with van der Waals surface area (Å²) in [7, 11) is 0. The van der Waals surface area contributed by atoms with Crippen LogP contribution in [0, 0.1) is 0 Å². The van der Waals surface area contributed by atoms with Gasteiger partial charge >= 0.3 is 0 Å².